The summed E-state index contributed by atoms with van der Waals surface area (Å²) in [4.78, 5) is 23.3. The predicted molar refractivity (Wildman–Crippen MR) is 92.5 cm³/mol. The zero-order valence-electron chi connectivity index (χ0n) is 12.5. The molecule has 126 valence electrons. The maximum absolute atomic E-state index is 12.1. The molecule has 0 fully saturated rings. The van der Waals surface area contributed by atoms with E-state index in [4.69, 9.17) is 17.3 Å². The maximum atomic E-state index is 12.1. The summed E-state index contributed by atoms with van der Waals surface area (Å²) in [6, 6.07) is 12.4. The Bertz CT molecular complexity index is 864. The Kier molecular flexibility index (Phi) is 5.58. The Balaban J connectivity index is 2.06. The number of nitrogens with two attached hydrogens (primary N) is 1. The quantitative estimate of drug-likeness (QED) is 0.815. The molecule has 2 amide bonds. The molecule has 0 heterocycles. The summed E-state index contributed by atoms with van der Waals surface area (Å²) in [5.74, 6) is -2.44. The predicted octanol–water partition coefficient (Wildman–Crippen LogP) is 1.99. The lowest BCUT2D eigenvalue weighted by molar-refractivity contribution is -0.113. The summed E-state index contributed by atoms with van der Waals surface area (Å²) in [5.41, 5.74) is 6.03. The molecule has 0 saturated heterocycles. The molecule has 0 aromatic heterocycles. The van der Waals surface area contributed by atoms with Gasteiger partial charge in [-0.05, 0) is 29.8 Å². The van der Waals surface area contributed by atoms with Crippen molar-refractivity contribution in [2.45, 2.75) is 5.75 Å². The molecule has 3 N–H and O–H groups in total. The Morgan fingerprint density at radius 3 is 2.29 bits per heavy atom. The maximum Gasteiger partial charge on any atom is 0.250 e. The molecule has 24 heavy (non-hydrogen) atoms. The van der Waals surface area contributed by atoms with Crippen molar-refractivity contribution in [3.63, 3.8) is 0 Å². The van der Waals surface area contributed by atoms with Crippen molar-refractivity contribution in [2.75, 3.05) is 11.1 Å². The molecule has 0 aliphatic heterocycles. The molecule has 0 radical (unpaired) electrons. The third kappa shape index (κ3) is 5.07. The largest absolute Gasteiger partial charge is 0.366 e. The summed E-state index contributed by atoms with van der Waals surface area (Å²) < 4.78 is 24.2. The highest BCUT2D eigenvalue weighted by Crippen LogP contribution is 2.15. The van der Waals surface area contributed by atoms with Crippen LogP contribution in [-0.2, 0) is 20.4 Å². The van der Waals surface area contributed by atoms with Crippen LogP contribution in [0.25, 0.3) is 0 Å². The van der Waals surface area contributed by atoms with Crippen molar-refractivity contribution in [1.82, 2.24) is 0 Å². The number of sulfone groups is 1. The zero-order chi connectivity index (χ0) is 17.7. The number of hydrogen-bond donors (Lipinski definition) is 2. The van der Waals surface area contributed by atoms with E-state index in [1.807, 2.05) is 0 Å². The van der Waals surface area contributed by atoms with Gasteiger partial charge in [-0.2, -0.15) is 0 Å². The van der Waals surface area contributed by atoms with E-state index < -0.39 is 27.4 Å². The highest BCUT2D eigenvalue weighted by molar-refractivity contribution is 7.91. The number of amides is 2. The zero-order valence-corrected chi connectivity index (χ0v) is 14.1. The van der Waals surface area contributed by atoms with Crippen molar-refractivity contribution in [2.24, 2.45) is 5.73 Å². The van der Waals surface area contributed by atoms with Crippen LogP contribution in [0.3, 0.4) is 0 Å². The molecule has 0 aliphatic carbocycles. The van der Waals surface area contributed by atoms with E-state index in [-0.39, 0.29) is 17.0 Å². The van der Waals surface area contributed by atoms with Crippen LogP contribution < -0.4 is 11.1 Å². The summed E-state index contributed by atoms with van der Waals surface area (Å²) in [5, 5.41) is 2.90. The van der Waals surface area contributed by atoms with Crippen LogP contribution >= 0.6 is 11.6 Å². The number of hydrogen-bond acceptors (Lipinski definition) is 4. The monoisotopic (exact) mass is 366 g/mol. The van der Waals surface area contributed by atoms with Gasteiger partial charge in [-0.15, -0.1) is 0 Å². The van der Waals surface area contributed by atoms with Crippen LogP contribution in [0.4, 0.5) is 5.69 Å². The summed E-state index contributed by atoms with van der Waals surface area (Å²) in [6.45, 7) is 0. The van der Waals surface area contributed by atoms with Gasteiger partial charge in [0.15, 0.2) is 9.84 Å². The molecule has 2 rings (SSSR count). The molecule has 0 atom stereocenters. The number of primary amides is 1. The van der Waals surface area contributed by atoms with Crippen molar-refractivity contribution >= 4 is 38.9 Å². The average molecular weight is 367 g/mol. The number of anilines is 1. The van der Waals surface area contributed by atoms with Gasteiger partial charge in [0.1, 0.15) is 5.75 Å². The van der Waals surface area contributed by atoms with E-state index in [0.717, 1.165) is 0 Å². The molecule has 0 unspecified atom stereocenters. The minimum absolute atomic E-state index is 0.112. The fourth-order valence-electron chi connectivity index (χ4n) is 2.08. The molecule has 2 aromatic carbocycles. The second-order valence-corrected chi connectivity index (χ2v) is 7.62. The SMILES string of the molecule is NC(=O)c1ccccc1NC(=O)CS(=O)(=O)Cc1ccc(Cl)cc1. The second kappa shape index (κ2) is 7.46. The van der Waals surface area contributed by atoms with Gasteiger partial charge < -0.3 is 11.1 Å². The first-order valence-electron chi connectivity index (χ1n) is 6.90. The van der Waals surface area contributed by atoms with E-state index >= 15 is 0 Å². The summed E-state index contributed by atoms with van der Waals surface area (Å²) in [6.07, 6.45) is 0. The Hall–Kier alpha value is -2.38. The Labute approximate surface area is 144 Å². The minimum Gasteiger partial charge on any atom is -0.366 e. The van der Waals surface area contributed by atoms with Gasteiger partial charge in [-0.3, -0.25) is 9.59 Å². The third-order valence-corrected chi connectivity index (χ3v) is 4.84. The number of carbonyl (C=O) groups excluding carboxylic acids is 2. The third-order valence-electron chi connectivity index (χ3n) is 3.12. The van der Waals surface area contributed by atoms with E-state index in [0.29, 0.717) is 10.6 Å². The summed E-state index contributed by atoms with van der Waals surface area (Å²) >= 11 is 5.75. The fourth-order valence-corrected chi connectivity index (χ4v) is 3.48. The first-order valence-corrected chi connectivity index (χ1v) is 9.10. The smallest absolute Gasteiger partial charge is 0.250 e. The standard InChI is InChI=1S/C16H15ClN2O4S/c17-12-7-5-11(6-8-12)9-24(22,23)10-15(20)19-14-4-2-1-3-13(14)16(18)21/h1-8H,9-10H2,(H2,18,21)(H,19,20). The van der Waals surface area contributed by atoms with Crippen LogP contribution in [0.15, 0.2) is 48.5 Å². The van der Waals surface area contributed by atoms with Gasteiger partial charge in [0.05, 0.1) is 17.0 Å². The average Bonchev–Trinajstić information content (AvgIpc) is 2.49. The van der Waals surface area contributed by atoms with Crippen LogP contribution in [0.5, 0.6) is 0 Å². The van der Waals surface area contributed by atoms with Gasteiger partial charge in [0.2, 0.25) is 5.91 Å². The summed E-state index contributed by atoms with van der Waals surface area (Å²) in [7, 11) is -3.67. The highest BCUT2D eigenvalue weighted by atomic mass is 35.5. The van der Waals surface area contributed by atoms with Gasteiger partial charge in [-0.1, -0.05) is 35.9 Å². The number of benzene rings is 2. The number of para-hydroxylation sites is 1. The number of halogens is 1. The molecule has 6 nitrogen and oxygen atoms in total. The second-order valence-electron chi connectivity index (χ2n) is 5.12. The van der Waals surface area contributed by atoms with Crippen molar-refractivity contribution in [3.8, 4) is 0 Å². The molecular formula is C16H15ClN2O4S. The van der Waals surface area contributed by atoms with Gasteiger partial charge in [0, 0.05) is 5.02 Å². The molecule has 0 aliphatic rings. The van der Waals surface area contributed by atoms with Crippen molar-refractivity contribution in [1.29, 1.82) is 0 Å². The molecule has 0 bridgehead atoms. The van der Waals surface area contributed by atoms with Crippen LogP contribution in [0, 0.1) is 0 Å². The van der Waals surface area contributed by atoms with E-state index in [1.54, 1.807) is 36.4 Å². The van der Waals surface area contributed by atoms with Crippen molar-refractivity contribution in [3.05, 3.63) is 64.7 Å². The molecule has 8 heteroatoms. The molecular weight excluding hydrogens is 352 g/mol. The van der Waals surface area contributed by atoms with Crippen LogP contribution in [-0.4, -0.2) is 26.0 Å². The van der Waals surface area contributed by atoms with Crippen LogP contribution in [0.1, 0.15) is 15.9 Å². The van der Waals surface area contributed by atoms with E-state index in [2.05, 4.69) is 5.32 Å². The van der Waals surface area contributed by atoms with E-state index in [1.165, 1.54) is 12.1 Å². The number of nitrogens with one attached hydrogen (secondary N) is 1. The lowest BCUT2D eigenvalue weighted by Gasteiger charge is -2.09. The molecule has 0 spiro atoms. The lowest BCUT2D eigenvalue weighted by Crippen LogP contribution is -2.25. The highest BCUT2D eigenvalue weighted by Gasteiger charge is 2.19. The van der Waals surface area contributed by atoms with Crippen LogP contribution in [0.2, 0.25) is 5.02 Å². The Morgan fingerprint density at radius 2 is 1.67 bits per heavy atom. The lowest BCUT2D eigenvalue weighted by atomic mass is 10.1. The Morgan fingerprint density at radius 1 is 1.04 bits per heavy atom. The topological polar surface area (TPSA) is 106 Å². The van der Waals surface area contributed by atoms with Gasteiger partial charge >= 0.3 is 0 Å². The molecule has 2 aromatic rings. The van der Waals surface area contributed by atoms with Gasteiger partial charge in [0.25, 0.3) is 5.91 Å². The number of rotatable bonds is 6. The van der Waals surface area contributed by atoms with Crippen molar-refractivity contribution < 1.29 is 18.0 Å². The minimum atomic E-state index is -3.67. The van der Waals surface area contributed by atoms with Gasteiger partial charge in [-0.25, -0.2) is 8.42 Å². The first kappa shape index (κ1) is 18.0. The molecule has 0 saturated carbocycles. The first-order chi connectivity index (χ1) is 11.3. The van der Waals surface area contributed by atoms with E-state index in [9.17, 15) is 18.0 Å². The number of carbonyl (C=O) groups is 2. The fraction of sp³-hybridized carbons (Fsp3) is 0.125. The normalized spacial score (nSPS) is 11.0.